The summed E-state index contributed by atoms with van der Waals surface area (Å²) in [7, 11) is 2.15. The van der Waals surface area contributed by atoms with Gasteiger partial charge in [0, 0.05) is 37.6 Å². The van der Waals surface area contributed by atoms with Crippen molar-refractivity contribution in [1.29, 1.82) is 0 Å². The van der Waals surface area contributed by atoms with Crippen LogP contribution in [0.1, 0.15) is 13.3 Å². The minimum Gasteiger partial charge on any atom is -0.481 e. The normalized spacial score (nSPS) is 16.2. The monoisotopic (exact) mass is 353 g/mol. The predicted octanol–water partition coefficient (Wildman–Crippen LogP) is 3.23. The molecule has 1 unspecified atom stereocenters. The van der Waals surface area contributed by atoms with Crippen molar-refractivity contribution in [1.82, 2.24) is 4.90 Å². The molecule has 5 nitrogen and oxygen atoms in total. The second-order valence-corrected chi connectivity index (χ2v) is 6.65. The smallest absolute Gasteiger partial charge is 0.265 e. The summed E-state index contributed by atoms with van der Waals surface area (Å²) in [6, 6.07) is 17.5. The zero-order chi connectivity index (χ0) is 18.4. The fraction of sp³-hybridized carbons (Fsp3) is 0.381. The summed E-state index contributed by atoms with van der Waals surface area (Å²) in [6.07, 6.45) is 0.106. The third-order valence-electron chi connectivity index (χ3n) is 4.69. The molecule has 1 atom stereocenters. The molecule has 1 saturated heterocycles. The maximum absolute atomic E-state index is 12.5. The Hall–Kier alpha value is -2.53. The van der Waals surface area contributed by atoms with Crippen LogP contribution in [0.4, 0.5) is 11.4 Å². The Morgan fingerprint density at radius 3 is 2.31 bits per heavy atom. The SMILES string of the molecule is CCC(Oc1ccccc1)C(=O)Nc1ccc(N2CCN(C)CC2)cc1. The number of carbonyl (C=O) groups is 1. The van der Waals surface area contributed by atoms with Crippen LogP contribution in [0.2, 0.25) is 0 Å². The van der Waals surface area contributed by atoms with E-state index in [9.17, 15) is 4.79 Å². The van der Waals surface area contributed by atoms with E-state index in [4.69, 9.17) is 4.74 Å². The van der Waals surface area contributed by atoms with Gasteiger partial charge in [-0.05, 0) is 49.9 Å². The van der Waals surface area contributed by atoms with Gasteiger partial charge in [0.15, 0.2) is 6.10 Å². The molecule has 3 rings (SSSR count). The van der Waals surface area contributed by atoms with Crippen LogP contribution >= 0.6 is 0 Å². The first kappa shape index (κ1) is 18.3. The predicted molar refractivity (Wildman–Crippen MR) is 106 cm³/mol. The highest BCUT2D eigenvalue weighted by Crippen LogP contribution is 2.20. The van der Waals surface area contributed by atoms with Gasteiger partial charge in [0.05, 0.1) is 0 Å². The van der Waals surface area contributed by atoms with Crippen molar-refractivity contribution >= 4 is 17.3 Å². The zero-order valence-electron chi connectivity index (χ0n) is 15.5. The van der Waals surface area contributed by atoms with E-state index in [2.05, 4.69) is 34.3 Å². The van der Waals surface area contributed by atoms with Crippen molar-refractivity contribution in [3.63, 3.8) is 0 Å². The van der Waals surface area contributed by atoms with E-state index < -0.39 is 6.10 Å². The van der Waals surface area contributed by atoms with E-state index in [0.717, 1.165) is 31.9 Å². The number of rotatable bonds is 6. The van der Waals surface area contributed by atoms with Crippen LogP contribution in [0.5, 0.6) is 5.75 Å². The number of nitrogens with zero attached hydrogens (tertiary/aromatic N) is 2. The van der Waals surface area contributed by atoms with Gasteiger partial charge < -0.3 is 19.9 Å². The summed E-state index contributed by atoms with van der Waals surface area (Å²) in [5, 5.41) is 2.96. The standard InChI is InChI=1S/C21H27N3O2/c1-3-20(26-19-7-5-4-6-8-19)21(25)22-17-9-11-18(12-10-17)24-15-13-23(2)14-16-24/h4-12,20H,3,13-16H2,1-2H3,(H,22,25). The fourth-order valence-corrected chi connectivity index (χ4v) is 3.03. The minimum absolute atomic E-state index is 0.122. The number of nitrogens with one attached hydrogen (secondary N) is 1. The molecule has 1 amide bonds. The third kappa shape index (κ3) is 4.76. The lowest BCUT2D eigenvalue weighted by Crippen LogP contribution is -2.44. The Labute approximate surface area is 155 Å². The molecular formula is C21H27N3O2. The first-order chi connectivity index (χ1) is 12.7. The molecule has 0 bridgehead atoms. The molecule has 5 heteroatoms. The van der Waals surface area contributed by atoms with Crippen LogP contribution in [0.25, 0.3) is 0 Å². The topological polar surface area (TPSA) is 44.8 Å². The molecule has 1 aliphatic rings. The molecule has 1 heterocycles. The lowest BCUT2D eigenvalue weighted by Gasteiger charge is -2.34. The third-order valence-corrected chi connectivity index (χ3v) is 4.69. The van der Waals surface area contributed by atoms with E-state index in [1.165, 1.54) is 5.69 Å². The number of hydrogen-bond acceptors (Lipinski definition) is 4. The van der Waals surface area contributed by atoms with Crippen LogP contribution in [0.15, 0.2) is 54.6 Å². The van der Waals surface area contributed by atoms with Crippen LogP contribution in [0, 0.1) is 0 Å². The summed E-state index contributed by atoms with van der Waals surface area (Å²) in [6.45, 7) is 6.17. The van der Waals surface area contributed by atoms with Crippen molar-refractivity contribution in [3.05, 3.63) is 54.6 Å². The van der Waals surface area contributed by atoms with E-state index in [1.807, 2.05) is 49.4 Å². The molecule has 1 fully saturated rings. The number of para-hydroxylation sites is 1. The van der Waals surface area contributed by atoms with E-state index >= 15 is 0 Å². The zero-order valence-corrected chi connectivity index (χ0v) is 15.5. The quantitative estimate of drug-likeness (QED) is 0.866. The number of anilines is 2. The average molecular weight is 353 g/mol. The summed E-state index contributed by atoms with van der Waals surface area (Å²) in [5.41, 5.74) is 1.99. The molecule has 0 spiro atoms. The van der Waals surface area contributed by atoms with Crippen molar-refractivity contribution in [2.75, 3.05) is 43.4 Å². The molecular weight excluding hydrogens is 326 g/mol. The fourth-order valence-electron chi connectivity index (χ4n) is 3.03. The highest BCUT2D eigenvalue weighted by molar-refractivity contribution is 5.94. The minimum atomic E-state index is -0.505. The molecule has 138 valence electrons. The van der Waals surface area contributed by atoms with Gasteiger partial charge in [-0.15, -0.1) is 0 Å². The van der Waals surface area contributed by atoms with Crippen LogP contribution < -0.4 is 15.0 Å². The van der Waals surface area contributed by atoms with Gasteiger partial charge in [0.2, 0.25) is 0 Å². The Morgan fingerprint density at radius 1 is 1.04 bits per heavy atom. The molecule has 2 aromatic rings. The second-order valence-electron chi connectivity index (χ2n) is 6.65. The second kappa shape index (κ2) is 8.72. The van der Waals surface area contributed by atoms with Gasteiger partial charge in [-0.25, -0.2) is 0 Å². The maximum Gasteiger partial charge on any atom is 0.265 e. The number of likely N-dealkylation sites (N-methyl/N-ethyl adjacent to an activating group) is 1. The first-order valence-electron chi connectivity index (χ1n) is 9.22. The number of ether oxygens (including phenoxy) is 1. The Bertz CT molecular complexity index is 695. The first-order valence-corrected chi connectivity index (χ1v) is 9.22. The van der Waals surface area contributed by atoms with E-state index in [-0.39, 0.29) is 5.91 Å². The molecule has 0 aliphatic carbocycles. The van der Waals surface area contributed by atoms with Crippen molar-refractivity contribution in [2.45, 2.75) is 19.4 Å². The van der Waals surface area contributed by atoms with Crippen molar-refractivity contribution in [3.8, 4) is 5.75 Å². The molecule has 1 aliphatic heterocycles. The van der Waals surface area contributed by atoms with E-state index in [1.54, 1.807) is 0 Å². The van der Waals surface area contributed by atoms with Crippen LogP contribution in [-0.4, -0.2) is 50.1 Å². The summed E-state index contributed by atoms with van der Waals surface area (Å²) >= 11 is 0. The molecule has 0 radical (unpaired) electrons. The Kier molecular flexibility index (Phi) is 6.12. The molecule has 2 aromatic carbocycles. The lowest BCUT2D eigenvalue weighted by atomic mass is 10.2. The molecule has 1 N–H and O–H groups in total. The molecule has 26 heavy (non-hydrogen) atoms. The number of amides is 1. The highest BCUT2D eigenvalue weighted by Gasteiger charge is 2.19. The molecule has 0 saturated carbocycles. The van der Waals surface area contributed by atoms with Gasteiger partial charge in [-0.1, -0.05) is 25.1 Å². The van der Waals surface area contributed by atoms with Gasteiger partial charge in [0.1, 0.15) is 5.75 Å². The summed E-state index contributed by atoms with van der Waals surface area (Å²) < 4.78 is 5.80. The summed E-state index contributed by atoms with van der Waals surface area (Å²) in [4.78, 5) is 17.2. The highest BCUT2D eigenvalue weighted by atomic mass is 16.5. The van der Waals surface area contributed by atoms with Gasteiger partial charge >= 0.3 is 0 Å². The average Bonchev–Trinajstić information content (AvgIpc) is 2.68. The lowest BCUT2D eigenvalue weighted by molar-refractivity contribution is -0.122. The van der Waals surface area contributed by atoms with Gasteiger partial charge in [-0.3, -0.25) is 4.79 Å². The van der Waals surface area contributed by atoms with Crippen LogP contribution in [0.3, 0.4) is 0 Å². The van der Waals surface area contributed by atoms with E-state index in [0.29, 0.717) is 12.2 Å². The number of benzene rings is 2. The Balaban J connectivity index is 1.58. The number of carbonyl (C=O) groups excluding carboxylic acids is 1. The largest absolute Gasteiger partial charge is 0.481 e. The molecule has 0 aromatic heterocycles. The maximum atomic E-state index is 12.5. The van der Waals surface area contributed by atoms with Crippen molar-refractivity contribution < 1.29 is 9.53 Å². The summed E-state index contributed by atoms with van der Waals surface area (Å²) in [5.74, 6) is 0.587. The number of hydrogen-bond donors (Lipinski definition) is 1. The van der Waals surface area contributed by atoms with Gasteiger partial charge in [-0.2, -0.15) is 0 Å². The van der Waals surface area contributed by atoms with Crippen molar-refractivity contribution in [2.24, 2.45) is 0 Å². The van der Waals surface area contributed by atoms with Crippen LogP contribution in [-0.2, 0) is 4.79 Å². The number of piperazine rings is 1. The van der Waals surface area contributed by atoms with Gasteiger partial charge in [0.25, 0.3) is 5.91 Å². The Morgan fingerprint density at radius 2 is 1.69 bits per heavy atom.